The van der Waals surface area contributed by atoms with Crippen molar-refractivity contribution < 1.29 is 19.1 Å². The lowest BCUT2D eigenvalue weighted by atomic mass is 10.2. The third-order valence-corrected chi connectivity index (χ3v) is 3.17. The van der Waals surface area contributed by atoms with Gasteiger partial charge in [0.05, 0.1) is 24.1 Å². The first-order chi connectivity index (χ1) is 10.4. The lowest BCUT2D eigenvalue weighted by molar-refractivity contribution is -0.149. The van der Waals surface area contributed by atoms with Crippen molar-refractivity contribution in [3.63, 3.8) is 0 Å². The highest BCUT2D eigenvalue weighted by Crippen LogP contribution is 2.14. The molecular formula is C16H18N2O4. The molecule has 2 aromatic rings. The van der Waals surface area contributed by atoms with Gasteiger partial charge in [-0.15, -0.1) is 0 Å². The molecule has 0 bridgehead atoms. The number of esters is 2. The summed E-state index contributed by atoms with van der Waals surface area (Å²) in [5, 5.41) is 4.38. The third-order valence-electron chi connectivity index (χ3n) is 3.17. The standard InChI is InChI=1S/C16H18N2O4/c1-10-9-11(2)18(17-10)14-7-5-13(6-8-14)16(20)22-12(3)15(19)21-4/h5-9,12H,1-4H3. The lowest BCUT2D eigenvalue weighted by Crippen LogP contribution is -2.25. The SMILES string of the molecule is COC(=O)C(C)OC(=O)c1ccc(-n2nc(C)cc2C)cc1. The molecule has 0 amide bonds. The molecule has 1 aromatic carbocycles. The Morgan fingerprint density at radius 3 is 2.32 bits per heavy atom. The van der Waals surface area contributed by atoms with Gasteiger partial charge in [0.2, 0.25) is 0 Å². The number of ether oxygens (including phenoxy) is 2. The second kappa shape index (κ2) is 6.43. The predicted octanol–water partition coefficient (Wildman–Crippen LogP) is 2.21. The summed E-state index contributed by atoms with van der Waals surface area (Å²) in [5.41, 5.74) is 3.14. The number of hydrogen-bond donors (Lipinski definition) is 0. The molecule has 1 heterocycles. The quantitative estimate of drug-likeness (QED) is 0.810. The van der Waals surface area contributed by atoms with Crippen LogP contribution < -0.4 is 0 Å². The summed E-state index contributed by atoms with van der Waals surface area (Å²) in [6.07, 6.45) is -0.937. The van der Waals surface area contributed by atoms with Gasteiger partial charge in [0.25, 0.3) is 0 Å². The summed E-state index contributed by atoms with van der Waals surface area (Å²) in [7, 11) is 1.25. The van der Waals surface area contributed by atoms with Gasteiger partial charge in [-0.25, -0.2) is 14.3 Å². The molecular weight excluding hydrogens is 284 g/mol. The highest BCUT2D eigenvalue weighted by Gasteiger charge is 2.19. The molecule has 0 radical (unpaired) electrons. The van der Waals surface area contributed by atoms with Crippen molar-refractivity contribution in [3.05, 3.63) is 47.3 Å². The number of aryl methyl sites for hydroxylation is 2. The maximum Gasteiger partial charge on any atom is 0.346 e. The number of hydrogen-bond acceptors (Lipinski definition) is 5. The molecule has 22 heavy (non-hydrogen) atoms. The van der Waals surface area contributed by atoms with E-state index in [-0.39, 0.29) is 0 Å². The van der Waals surface area contributed by atoms with E-state index in [1.807, 2.05) is 19.9 Å². The number of rotatable bonds is 4. The number of aromatic nitrogens is 2. The number of benzene rings is 1. The van der Waals surface area contributed by atoms with E-state index < -0.39 is 18.0 Å². The van der Waals surface area contributed by atoms with Gasteiger partial charge in [0.1, 0.15) is 0 Å². The highest BCUT2D eigenvalue weighted by molar-refractivity contribution is 5.91. The molecule has 0 spiro atoms. The molecule has 1 aromatic heterocycles. The second-order valence-corrected chi connectivity index (χ2v) is 4.96. The van der Waals surface area contributed by atoms with E-state index in [4.69, 9.17) is 4.74 Å². The van der Waals surface area contributed by atoms with Crippen LogP contribution >= 0.6 is 0 Å². The zero-order valence-electron chi connectivity index (χ0n) is 13.0. The summed E-state index contributed by atoms with van der Waals surface area (Å²) in [5.74, 6) is -1.16. The first-order valence-electron chi connectivity index (χ1n) is 6.85. The van der Waals surface area contributed by atoms with Crippen molar-refractivity contribution in [2.75, 3.05) is 7.11 Å². The van der Waals surface area contributed by atoms with Crippen LogP contribution in [0.5, 0.6) is 0 Å². The van der Waals surface area contributed by atoms with Gasteiger partial charge in [0.15, 0.2) is 6.10 Å². The minimum Gasteiger partial charge on any atom is -0.466 e. The molecule has 1 atom stereocenters. The summed E-state index contributed by atoms with van der Waals surface area (Å²) in [6, 6.07) is 8.80. The fourth-order valence-electron chi connectivity index (χ4n) is 2.07. The normalized spacial score (nSPS) is 11.8. The van der Waals surface area contributed by atoms with Crippen LogP contribution in [0.2, 0.25) is 0 Å². The Hall–Kier alpha value is -2.63. The van der Waals surface area contributed by atoms with Crippen LogP contribution in [0, 0.1) is 13.8 Å². The molecule has 0 aliphatic rings. The average molecular weight is 302 g/mol. The van der Waals surface area contributed by atoms with E-state index in [2.05, 4.69) is 9.84 Å². The second-order valence-electron chi connectivity index (χ2n) is 4.96. The fraction of sp³-hybridized carbons (Fsp3) is 0.312. The first-order valence-corrected chi connectivity index (χ1v) is 6.85. The number of carbonyl (C=O) groups excluding carboxylic acids is 2. The molecule has 0 N–H and O–H groups in total. The van der Waals surface area contributed by atoms with E-state index in [1.165, 1.54) is 14.0 Å². The molecule has 116 valence electrons. The van der Waals surface area contributed by atoms with Gasteiger partial charge in [-0.1, -0.05) is 0 Å². The van der Waals surface area contributed by atoms with Crippen LogP contribution in [0.25, 0.3) is 5.69 Å². The zero-order chi connectivity index (χ0) is 16.3. The predicted molar refractivity (Wildman–Crippen MR) is 79.9 cm³/mol. The number of carbonyl (C=O) groups is 2. The third kappa shape index (κ3) is 3.33. The Bertz CT molecular complexity index is 689. The van der Waals surface area contributed by atoms with Gasteiger partial charge >= 0.3 is 11.9 Å². The Kier molecular flexibility index (Phi) is 4.60. The highest BCUT2D eigenvalue weighted by atomic mass is 16.6. The molecule has 0 aliphatic heterocycles. The van der Waals surface area contributed by atoms with Crippen LogP contribution in [0.1, 0.15) is 28.7 Å². The lowest BCUT2D eigenvalue weighted by Gasteiger charge is -2.11. The van der Waals surface area contributed by atoms with Crippen LogP contribution in [0.15, 0.2) is 30.3 Å². The minimum atomic E-state index is -0.937. The van der Waals surface area contributed by atoms with Crippen molar-refractivity contribution >= 4 is 11.9 Å². The maximum atomic E-state index is 11.9. The van der Waals surface area contributed by atoms with Crippen molar-refractivity contribution in [1.29, 1.82) is 0 Å². The van der Waals surface area contributed by atoms with E-state index >= 15 is 0 Å². The van der Waals surface area contributed by atoms with Crippen LogP contribution in [0.3, 0.4) is 0 Å². The fourth-order valence-corrected chi connectivity index (χ4v) is 2.07. The van der Waals surface area contributed by atoms with Gasteiger partial charge in [-0.3, -0.25) is 0 Å². The van der Waals surface area contributed by atoms with E-state index in [9.17, 15) is 9.59 Å². The molecule has 6 nitrogen and oxygen atoms in total. The topological polar surface area (TPSA) is 70.4 Å². The van der Waals surface area contributed by atoms with Crippen LogP contribution in [-0.4, -0.2) is 34.9 Å². The van der Waals surface area contributed by atoms with Gasteiger partial charge in [0, 0.05) is 5.69 Å². The molecule has 0 saturated heterocycles. The molecule has 0 saturated carbocycles. The van der Waals surface area contributed by atoms with E-state index in [0.717, 1.165) is 17.1 Å². The molecule has 1 unspecified atom stereocenters. The van der Waals surface area contributed by atoms with E-state index in [0.29, 0.717) is 5.56 Å². The Labute approximate surface area is 128 Å². The Balaban J connectivity index is 2.13. The Morgan fingerprint density at radius 1 is 1.18 bits per heavy atom. The van der Waals surface area contributed by atoms with Gasteiger partial charge in [-0.2, -0.15) is 5.10 Å². The summed E-state index contributed by atoms with van der Waals surface area (Å²) in [4.78, 5) is 23.2. The Morgan fingerprint density at radius 2 is 1.82 bits per heavy atom. The molecule has 0 aliphatic carbocycles. The van der Waals surface area contributed by atoms with E-state index in [1.54, 1.807) is 28.9 Å². The van der Waals surface area contributed by atoms with Crippen LogP contribution in [-0.2, 0) is 14.3 Å². The zero-order valence-corrected chi connectivity index (χ0v) is 13.0. The molecule has 6 heteroatoms. The van der Waals surface area contributed by atoms with Crippen LogP contribution in [0.4, 0.5) is 0 Å². The number of nitrogens with zero attached hydrogens (tertiary/aromatic N) is 2. The summed E-state index contributed by atoms with van der Waals surface area (Å²) >= 11 is 0. The maximum absolute atomic E-state index is 11.9. The van der Waals surface area contributed by atoms with Crippen molar-refractivity contribution in [1.82, 2.24) is 9.78 Å². The summed E-state index contributed by atoms with van der Waals surface area (Å²) in [6.45, 7) is 5.34. The monoisotopic (exact) mass is 302 g/mol. The minimum absolute atomic E-state index is 0.362. The summed E-state index contributed by atoms with van der Waals surface area (Å²) < 4.78 is 11.3. The molecule has 0 fully saturated rings. The average Bonchev–Trinajstić information content (AvgIpc) is 2.85. The van der Waals surface area contributed by atoms with Gasteiger partial charge in [-0.05, 0) is 51.1 Å². The van der Waals surface area contributed by atoms with Crippen molar-refractivity contribution in [2.24, 2.45) is 0 Å². The van der Waals surface area contributed by atoms with Gasteiger partial charge < -0.3 is 9.47 Å². The first kappa shape index (κ1) is 15.8. The largest absolute Gasteiger partial charge is 0.466 e. The number of methoxy groups -OCH3 is 1. The van der Waals surface area contributed by atoms with Crippen molar-refractivity contribution in [3.8, 4) is 5.69 Å². The molecule has 2 rings (SSSR count). The van der Waals surface area contributed by atoms with Crippen molar-refractivity contribution in [2.45, 2.75) is 26.9 Å². The smallest absolute Gasteiger partial charge is 0.346 e.